The number of hydrogen-bond donors (Lipinski definition) is 0. The highest BCUT2D eigenvalue weighted by Gasteiger charge is 2.22. The molecule has 0 radical (unpaired) electrons. The van der Waals surface area contributed by atoms with Crippen molar-refractivity contribution in [3.63, 3.8) is 0 Å². The predicted molar refractivity (Wildman–Crippen MR) is 239 cm³/mol. The van der Waals surface area contributed by atoms with Gasteiger partial charge in [0.25, 0.3) is 0 Å². The van der Waals surface area contributed by atoms with Crippen LogP contribution in [-0.4, -0.2) is 9.55 Å². The average molecular weight is 744 g/mol. The molecule has 0 spiro atoms. The number of rotatable bonds is 6. The zero-order valence-corrected chi connectivity index (χ0v) is 31.2. The minimum Gasteiger partial charge on any atom is -0.456 e. The Kier molecular flexibility index (Phi) is 7.16. The summed E-state index contributed by atoms with van der Waals surface area (Å²) >= 11 is 0. The van der Waals surface area contributed by atoms with Crippen LogP contribution in [0.25, 0.3) is 93.9 Å². The number of benzene rings is 9. The molecule has 0 saturated heterocycles. The topological polar surface area (TPSA) is 47.3 Å². The van der Waals surface area contributed by atoms with Gasteiger partial charge in [-0.3, -0.25) is 0 Å². The predicted octanol–water partition coefficient (Wildman–Crippen LogP) is 14.8. The van der Waals surface area contributed by atoms with Crippen LogP contribution in [0.15, 0.2) is 209 Å². The smallest absolute Gasteiger partial charge is 0.227 e. The van der Waals surface area contributed by atoms with Crippen LogP contribution >= 0.6 is 0 Å². The molecule has 0 aliphatic carbocycles. The molecule has 0 bridgehead atoms. The summed E-state index contributed by atoms with van der Waals surface area (Å²) in [5, 5.41) is 7.13. The fourth-order valence-electron chi connectivity index (χ4n) is 8.72. The quantitative estimate of drug-likeness (QED) is 0.170. The summed E-state index contributed by atoms with van der Waals surface area (Å²) in [5.74, 6) is 0.590. The number of oxazole rings is 1. The van der Waals surface area contributed by atoms with E-state index < -0.39 is 0 Å². The van der Waals surface area contributed by atoms with Gasteiger partial charge in [-0.25, -0.2) is 4.98 Å². The van der Waals surface area contributed by atoms with E-state index in [4.69, 9.17) is 13.8 Å². The first-order valence-corrected chi connectivity index (χ1v) is 19.5. The second-order valence-corrected chi connectivity index (χ2v) is 14.8. The van der Waals surface area contributed by atoms with Crippen molar-refractivity contribution < 1.29 is 8.83 Å². The molecule has 0 saturated carbocycles. The zero-order valence-electron chi connectivity index (χ0n) is 31.2. The number of furan rings is 1. The standard InChI is InChI=1S/C53H33N3O2/c1-3-13-36(14-4-1)53-54-45-19-11-20-47(52(45)58-53)55(39-26-22-34(23-27-39)37-25-31-50-44(32-37)42-18-9-10-21-49(42)57-50)40-28-29-43-48(33-40)56(38-15-5-2-6-16-38)46-30-24-35-12-7-8-17-41(35)51(43)46/h1-33H. The Bertz CT molecular complexity index is 3510. The van der Waals surface area contributed by atoms with Crippen LogP contribution in [0.3, 0.4) is 0 Å². The van der Waals surface area contributed by atoms with Gasteiger partial charge in [-0.15, -0.1) is 0 Å². The molecule has 0 atom stereocenters. The van der Waals surface area contributed by atoms with E-state index in [0.29, 0.717) is 5.89 Å². The molecule has 5 nitrogen and oxygen atoms in total. The highest BCUT2D eigenvalue weighted by molar-refractivity contribution is 6.22. The third-order valence-corrected chi connectivity index (χ3v) is 11.4. The molecule has 0 fully saturated rings. The number of anilines is 3. The number of aromatic nitrogens is 2. The average Bonchev–Trinajstić information content (AvgIpc) is 3.99. The second kappa shape index (κ2) is 12.8. The van der Waals surface area contributed by atoms with E-state index >= 15 is 0 Å². The number of hydrogen-bond acceptors (Lipinski definition) is 4. The summed E-state index contributed by atoms with van der Waals surface area (Å²) in [6, 6.07) is 70.4. The van der Waals surface area contributed by atoms with Crippen LogP contribution in [0.1, 0.15) is 0 Å². The van der Waals surface area contributed by atoms with Gasteiger partial charge in [0.15, 0.2) is 5.58 Å². The first-order chi connectivity index (χ1) is 28.7. The maximum atomic E-state index is 6.68. The van der Waals surface area contributed by atoms with Gasteiger partial charge in [0.2, 0.25) is 5.89 Å². The molecule has 0 unspecified atom stereocenters. The maximum Gasteiger partial charge on any atom is 0.227 e. The molecule has 272 valence electrons. The van der Waals surface area contributed by atoms with Crippen molar-refractivity contribution in [1.82, 2.24) is 9.55 Å². The summed E-state index contributed by atoms with van der Waals surface area (Å²) in [6.07, 6.45) is 0. The first kappa shape index (κ1) is 32.4. The Morgan fingerprint density at radius 3 is 2.02 bits per heavy atom. The molecule has 9 aromatic carbocycles. The number of nitrogens with zero attached hydrogens (tertiary/aromatic N) is 3. The minimum absolute atomic E-state index is 0.590. The Balaban J connectivity index is 1.07. The third-order valence-electron chi connectivity index (χ3n) is 11.4. The van der Waals surface area contributed by atoms with Crippen LogP contribution in [0.5, 0.6) is 0 Å². The summed E-state index contributed by atoms with van der Waals surface area (Å²) < 4.78 is 15.2. The van der Waals surface area contributed by atoms with E-state index in [1.807, 2.05) is 48.5 Å². The first-order valence-electron chi connectivity index (χ1n) is 19.5. The van der Waals surface area contributed by atoms with Crippen LogP contribution in [-0.2, 0) is 0 Å². The van der Waals surface area contributed by atoms with Crippen LogP contribution in [0.4, 0.5) is 17.1 Å². The summed E-state index contributed by atoms with van der Waals surface area (Å²) in [5.41, 5.74) is 12.8. The maximum absolute atomic E-state index is 6.68. The fourth-order valence-corrected chi connectivity index (χ4v) is 8.72. The van der Waals surface area contributed by atoms with Gasteiger partial charge in [0, 0.05) is 44.2 Å². The molecule has 58 heavy (non-hydrogen) atoms. The van der Waals surface area contributed by atoms with E-state index in [1.165, 1.54) is 27.1 Å². The lowest BCUT2D eigenvalue weighted by Gasteiger charge is -2.26. The van der Waals surface area contributed by atoms with Gasteiger partial charge >= 0.3 is 0 Å². The molecule has 3 heterocycles. The molecule has 0 amide bonds. The minimum atomic E-state index is 0.590. The van der Waals surface area contributed by atoms with Crippen molar-refractivity contribution in [2.75, 3.05) is 4.90 Å². The lowest BCUT2D eigenvalue weighted by atomic mass is 10.0. The van der Waals surface area contributed by atoms with Gasteiger partial charge in [-0.1, -0.05) is 115 Å². The normalized spacial score (nSPS) is 11.8. The third kappa shape index (κ3) is 5.07. The van der Waals surface area contributed by atoms with Crippen molar-refractivity contribution in [2.24, 2.45) is 0 Å². The summed E-state index contributed by atoms with van der Waals surface area (Å²) in [7, 11) is 0. The number of fused-ring (bicyclic) bond motifs is 9. The lowest BCUT2D eigenvalue weighted by Crippen LogP contribution is -2.10. The van der Waals surface area contributed by atoms with E-state index in [9.17, 15) is 0 Å². The second-order valence-electron chi connectivity index (χ2n) is 14.8. The Morgan fingerprint density at radius 2 is 1.16 bits per heavy atom. The Morgan fingerprint density at radius 1 is 0.431 bits per heavy atom. The van der Waals surface area contributed by atoms with Crippen molar-refractivity contribution in [3.05, 3.63) is 200 Å². The van der Waals surface area contributed by atoms with Crippen molar-refractivity contribution in [1.29, 1.82) is 0 Å². The molecule has 0 aliphatic rings. The Labute approximate surface area is 333 Å². The van der Waals surface area contributed by atoms with Gasteiger partial charge in [0.1, 0.15) is 16.7 Å². The molecular formula is C53H33N3O2. The van der Waals surface area contributed by atoms with E-state index in [-0.39, 0.29) is 0 Å². The monoisotopic (exact) mass is 743 g/mol. The molecule has 5 heteroatoms. The highest BCUT2D eigenvalue weighted by Crippen LogP contribution is 2.44. The van der Waals surface area contributed by atoms with E-state index in [2.05, 4.69) is 161 Å². The van der Waals surface area contributed by atoms with Crippen molar-refractivity contribution >= 4 is 82.7 Å². The molecule has 12 rings (SSSR count). The van der Waals surface area contributed by atoms with Crippen LogP contribution in [0, 0.1) is 0 Å². The molecular weight excluding hydrogens is 711 g/mol. The molecule has 12 aromatic rings. The molecule has 0 aliphatic heterocycles. The molecule has 0 N–H and O–H groups in total. The van der Waals surface area contributed by atoms with Crippen LogP contribution < -0.4 is 4.90 Å². The largest absolute Gasteiger partial charge is 0.456 e. The lowest BCUT2D eigenvalue weighted by molar-refractivity contribution is 0.620. The Hall–Kier alpha value is -7.89. The summed E-state index contributed by atoms with van der Waals surface area (Å²) in [4.78, 5) is 7.26. The van der Waals surface area contributed by atoms with Crippen molar-refractivity contribution in [2.45, 2.75) is 0 Å². The highest BCUT2D eigenvalue weighted by atomic mass is 16.3. The van der Waals surface area contributed by atoms with Crippen molar-refractivity contribution in [3.8, 4) is 28.3 Å². The van der Waals surface area contributed by atoms with E-state index in [0.717, 1.165) is 78.0 Å². The molecule has 3 aromatic heterocycles. The number of para-hydroxylation sites is 3. The summed E-state index contributed by atoms with van der Waals surface area (Å²) in [6.45, 7) is 0. The van der Waals surface area contributed by atoms with Gasteiger partial charge in [-0.2, -0.15) is 0 Å². The van der Waals surface area contributed by atoms with Gasteiger partial charge < -0.3 is 18.3 Å². The van der Waals surface area contributed by atoms with Gasteiger partial charge in [-0.05, 0) is 107 Å². The fraction of sp³-hybridized carbons (Fsp3) is 0. The van der Waals surface area contributed by atoms with Crippen LogP contribution in [0.2, 0.25) is 0 Å². The SMILES string of the molecule is c1ccc(-c2nc3cccc(N(c4ccc(-c5ccc6oc7ccccc7c6c5)cc4)c4ccc5c6c7ccccc7ccc6n(-c6ccccc6)c5c4)c3o2)cc1. The zero-order chi connectivity index (χ0) is 38.2. The van der Waals surface area contributed by atoms with Gasteiger partial charge in [0.05, 0.1) is 16.7 Å². The van der Waals surface area contributed by atoms with E-state index in [1.54, 1.807) is 0 Å².